The predicted molar refractivity (Wildman–Crippen MR) is 142 cm³/mol. The Kier molecular flexibility index (Phi) is 11.7. The van der Waals surface area contributed by atoms with Crippen LogP contribution in [0.2, 0.25) is 20.1 Å². The molecule has 0 spiro atoms. The third-order valence-corrected chi connectivity index (χ3v) is 7.54. The van der Waals surface area contributed by atoms with Crippen LogP contribution in [0.5, 0.6) is 0 Å². The normalized spacial score (nSPS) is 12.8. The molecule has 0 aliphatic rings. The first-order chi connectivity index (χ1) is 15.7. The number of carbonyl (C=O) groups is 2. The second-order valence-corrected chi connectivity index (χ2v) is 10.4. The first-order valence-electron chi connectivity index (χ1n) is 10.7. The van der Waals surface area contributed by atoms with E-state index in [-0.39, 0.29) is 30.2 Å². The smallest absolute Gasteiger partial charge is 0.243 e. The Bertz CT molecular complexity index is 973. The first kappa shape index (κ1) is 28.1. The second-order valence-electron chi connectivity index (χ2n) is 7.74. The van der Waals surface area contributed by atoms with Gasteiger partial charge < -0.3 is 10.2 Å². The minimum atomic E-state index is -0.608. The molecule has 0 saturated heterocycles. The van der Waals surface area contributed by atoms with Crippen LogP contribution in [0.15, 0.2) is 36.4 Å². The fourth-order valence-corrected chi connectivity index (χ4v) is 4.81. The Morgan fingerprint density at radius 1 is 0.970 bits per heavy atom. The van der Waals surface area contributed by atoms with Crippen molar-refractivity contribution in [1.82, 2.24) is 10.2 Å². The zero-order valence-corrected chi connectivity index (χ0v) is 22.7. The summed E-state index contributed by atoms with van der Waals surface area (Å²) in [6.45, 7) is 6.06. The van der Waals surface area contributed by atoms with Gasteiger partial charge in [-0.3, -0.25) is 9.59 Å². The van der Waals surface area contributed by atoms with Gasteiger partial charge in [-0.2, -0.15) is 0 Å². The molecule has 0 fully saturated rings. The minimum Gasteiger partial charge on any atom is -0.352 e. The van der Waals surface area contributed by atoms with Crippen molar-refractivity contribution < 1.29 is 9.59 Å². The van der Waals surface area contributed by atoms with Crippen molar-refractivity contribution in [3.63, 3.8) is 0 Å². The largest absolute Gasteiger partial charge is 0.352 e. The topological polar surface area (TPSA) is 49.4 Å². The maximum Gasteiger partial charge on any atom is 0.243 e. The summed E-state index contributed by atoms with van der Waals surface area (Å²) in [5.41, 5.74) is 1.70. The van der Waals surface area contributed by atoms with E-state index >= 15 is 0 Å². The lowest BCUT2D eigenvalue weighted by atomic mass is 10.1. The molecular weight excluding hydrogens is 522 g/mol. The van der Waals surface area contributed by atoms with Gasteiger partial charge in [0.2, 0.25) is 11.8 Å². The van der Waals surface area contributed by atoms with Gasteiger partial charge in [0.25, 0.3) is 0 Å². The lowest BCUT2D eigenvalue weighted by molar-refractivity contribution is -0.139. The van der Waals surface area contributed by atoms with Crippen molar-refractivity contribution in [2.24, 2.45) is 0 Å². The van der Waals surface area contributed by atoms with Crippen LogP contribution in [-0.2, 0) is 21.9 Å². The van der Waals surface area contributed by atoms with Crippen LogP contribution in [0.1, 0.15) is 44.7 Å². The van der Waals surface area contributed by atoms with Crippen LogP contribution in [0.3, 0.4) is 0 Å². The average Bonchev–Trinajstić information content (AvgIpc) is 2.77. The Balaban J connectivity index is 2.19. The van der Waals surface area contributed by atoms with Crippen LogP contribution in [0, 0.1) is 0 Å². The molecule has 33 heavy (non-hydrogen) atoms. The van der Waals surface area contributed by atoms with Crippen molar-refractivity contribution in [2.75, 3.05) is 5.75 Å². The number of halogens is 4. The summed E-state index contributed by atoms with van der Waals surface area (Å²) in [7, 11) is 0. The Hall–Kier alpha value is -1.11. The third kappa shape index (κ3) is 8.56. The summed E-state index contributed by atoms with van der Waals surface area (Å²) in [5, 5.41) is 4.94. The van der Waals surface area contributed by atoms with Crippen molar-refractivity contribution in [2.45, 2.75) is 58.0 Å². The van der Waals surface area contributed by atoms with Crippen molar-refractivity contribution in [1.29, 1.82) is 0 Å². The number of rotatable bonds is 11. The number of hydrogen-bond donors (Lipinski definition) is 1. The van der Waals surface area contributed by atoms with Crippen molar-refractivity contribution in [3.8, 4) is 0 Å². The van der Waals surface area contributed by atoms with Gasteiger partial charge in [-0.25, -0.2) is 0 Å². The molecule has 0 unspecified atom stereocenters. The van der Waals surface area contributed by atoms with Gasteiger partial charge in [-0.15, -0.1) is 11.8 Å². The molecule has 0 radical (unpaired) electrons. The Labute approximate surface area is 220 Å². The highest BCUT2D eigenvalue weighted by Gasteiger charge is 2.29. The van der Waals surface area contributed by atoms with Crippen LogP contribution >= 0.6 is 58.2 Å². The summed E-state index contributed by atoms with van der Waals surface area (Å²) in [6, 6.07) is 9.98. The van der Waals surface area contributed by atoms with E-state index in [2.05, 4.69) is 5.32 Å². The Morgan fingerprint density at radius 3 is 2.30 bits per heavy atom. The first-order valence-corrected chi connectivity index (χ1v) is 13.4. The number of benzene rings is 2. The number of thioether (sulfide) groups is 1. The van der Waals surface area contributed by atoms with E-state index in [0.29, 0.717) is 32.3 Å². The molecular formula is C24H28Cl4N2O2S. The standard InChI is InChI=1S/C24H28Cl4N2O2S/c1-4-15(3)29-24(32)22(5-2)30(12-17-7-8-18(25)11-20(17)27)23(31)14-33-13-16-6-9-19(26)21(28)10-16/h6-11,15,22H,4-5,12-14H2,1-3H3,(H,29,32)/t15-,22-/m1/s1. The number of nitrogens with one attached hydrogen (secondary N) is 1. The van der Waals surface area contributed by atoms with Crippen molar-refractivity contribution >= 4 is 70.0 Å². The number of nitrogens with zero attached hydrogens (tertiary/aromatic N) is 1. The highest BCUT2D eigenvalue weighted by atomic mass is 35.5. The van der Waals surface area contributed by atoms with Gasteiger partial charge in [0.05, 0.1) is 15.8 Å². The fourth-order valence-electron chi connectivity index (χ4n) is 3.16. The molecule has 2 atom stereocenters. The predicted octanol–water partition coefficient (Wildman–Crippen LogP) is 7.26. The molecule has 0 aliphatic carbocycles. The van der Waals surface area contributed by atoms with E-state index in [4.69, 9.17) is 46.4 Å². The quantitative estimate of drug-likeness (QED) is 0.321. The lowest BCUT2D eigenvalue weighted by Gasteiger charge is -2.31. The number of amides is 2. The van der Waals surface area contributed by atoms with E-state index < -0.39 is 6.04 Å². The highest BCUT2D eigenvalue weighted by Crippen LogP contribution is 2.26. The number of carbonyl (C=O) groups excluding carboxylic acids is 2. The zero-order chi connectivity index (χ0) is 24.5. The Morgan fingerprint density at radius 2 is 1.70 bits per heavy atom. The van der Waals surface area contributed by atoms with Crippen LogP contribution in [0.25, 0.3) is 0 Å². The second kappa shape index (κ2) is 13.7. The van der Waals surface area contributed by atoms with Crippen LogP contribution in [-0.4, -0.2) is 34.6 Å². The molecule has 180 valence electrons. The monoisotopic (exact) mass is 548 g/mol. The molecule has 0 aliphatic heterocycles. The summed E-state index contributed by atoms with van der Waals surface area (Å²) in [5.74, 6) is 0.490. The molecule has 0 saturated carbocycles. The molecule has 2 aromatic carbocycles. The van der Waals surface area contributed by atoms with Gasteiger partial charge in [0.1, 0.15) is 6.04 Å². The van der Waals surface area contributed by atoms with Gasteiger partial charge in [-0.1, -0.05) is 72.4 Å². The van der Waals surface area contributed by atoms with Gasteiger partial charge in [-0.05, 0) is 55.2 Å². The molecule has 0 aromatic heterocycles. The van der Waals surface area contributed by atoms with Gasteiger partial charge in [0.15, 0.2) is 0 Å². The molecule has 2 amide bonds. The molecule has 9 heteroatoms. The van der Waals surface area contributed by atoms with E-state index in [1.165, 1.54) is 11.8 Å². The summed E-state index contributed by atoms with van der Waals surface area (Å²) in [6.07, 6.45) is 1.29. The molecule has 2 aromatic rings. The lowest BCUT2D eigenvalue weighted by Crippen LogP contribution is -2.51. The van der Waals surface area contributed by atoms with E-state index in [1.54, 1.807) is 35.2 Å². The zero-order valence-electron chi connectivity index (χ0n) is 18.8. The molecule has 4 nitrogen and oxygen atoms in total. The SMILES string of the molecule is CC[C@@H](C)NC(=O)[C@@H](CC)N(Cc1ccc(Cl)cc1Cl)C(=O)CSCc1ccc(Cl)c(Cl)c1. The molecule has 0 heterocycles. The van der Waals surface area contributed by atoms with Crippen molar-refractivity contribution in [3.05, 3.63) is 67.6 Å². The molecule has 2 rings (SSSR count). The molecule has 0 bridgehead atoms. The minimum absolute atomic E-state index is 0.0200. The van der Waals surface area contributed by atoms with Gasteiger partial charge >= 0.3 is 0 Å². The average molecular weight is 550 g/mol. The maximum absolute atomic E-state index is 13.3. The van der Waals surface area contributed by atoms with Crippen LogP contribution in [0.4, 0.5) is 0 Å². The van der Waals surface area contributed by atoms with Crippen LogP contribution < -0.4 is 5.32 Å². The van der Waals surface area contributed by atoms with Gasteiger partial charge in [0, 0.05) is 28.4 Å². The maximum atomic E-state index is 13.3. The summed E-state index contributed by atoms with van der Waals surface area (Å²) >= 11 is 25.9. The third-order valence-electron chi connectivity index (χ3n) is 5.22. The fraction of sp³-hybridized carbons (Fsp3) is 0.417. The molecule has 1 N–H and O–H groups in total. The number of hydrogen-bond acceptors (Lipinski definition) is 3. The summed E-state index contributed by atoms with van der Waals surface area (Å²) in [4.78, 5) is 27.9. The highest BCUT2D eigenvalue weighted by molar-refractivity contribution is 7.99. The van der Waals surface area contributed by atoms with E-state index in [0.717, 1.165) is 17.5 Å². The van der Waals surface area contributed by atoms with E-state index in [9.17, 15) is 9.59 Å². The summed E-state index contributed by atoms with van der Waals surface area (Å²) < 4.78 is 0. The van der Waals surface area contributed by atoms with E-state index in [1.807, 2.05) is 26.8 Å².